The molecule has 0 aromatic rings. The van der Waals surface area contributed by atoms with Crippen LogP contribution >= 0.6 is 0 Å². The van der Waals surface area contributed by atoms with Crippen molar-refractivity contribution in [1.82, 2.24) is 5.12 Å². The molecule has 10 heavy (non-hydrogen) atoms. The van der Waals surface area contributed by atoms with Gasteiger partial charge in [-0.3, -0.25) is 4.79 Å². The molecule has 1 heterocycles. The highest BCUT2D eigenvalue weighted by molar-refractivity contribution is 5.73. The third-order valence-electron chi connectivity index (χ3n) is 1.50. The molecule has 0 bridgehead atoms. The van der Waals surface area contributed by atoms with E-state index in [2.05, 4.69) is 0 Å². The molecule has 1 aliphatic heterocycles. The summed E-state index contributed by atoms with van der Waals surface area (Å²) in [6.45, 7) is -0.197. The lowest BCUT2D eigenvalue weighted by Crippen LogP contribution is -2.29. The Hall–Kier alpha value is -0.680. The van der Waals surface area contributed by atoms with Crippen LogP contribution in [0.4, 0.5) is 4.48 Å². The normalized spacial score (nSPS) is 34.6. The summed E-state index contributed by atoms with van der Waals surface area (Å²) in [5, 5.41) is 17.2. The zero-order chi connectivity index (χ0) is 7.72. The van der Waals surface area contributed by atoms with Gasteiger partial charge in [-0.1, -0.05) is 0 Å². The predicted octanol–water partition coefficient (Wildman–Crippen LogP) is -0.609. The molecular formula is C5H8FNO3. The van der Waals surface area contributed by atoms with Crippen LogP contribution in [0.2, 0.25) is 0 Å². The van der Waals surface area contributed by atoms with E-state index in [-0.39, 0.29) is 18.1 Å². The fourth-order valence-electron chi connectivity index (χ4n) is 0.996. The summed E-state index contributed by atoms with van der Waals surface area (Å²) in [7, 11) is 0. The second-order valence-corrected chi connectivity index (χ2v) is 2.33. The van der Waals surface area contributed by atoms with Gasteiger partial charge in [0.2, 0.25) is 0 Å². The Kier molecular flexibility index (Phi) is 1.87. The molecule has 4 nitrogen and oxygen atoms in total. The molecule has 1 aliphatic rings. The fraction of sp³-hybridized carbons (Fsp3) is 0.800. The number of carboxylic acids is 1. The SMILES string of the molecule is O=C(O)C1CC(O)CN1F. The van der Waals surface area contributed by atoms with E-state index < -0.39 is 18.1 Å². The van der Waals surface area contributed by atoms with Crippen molar-refractivity contribution >= 4 is 5.97 Å². The van der Waals surface area contributed by atoms with E-state index >= 15 is 0 Å². The van der Waals surface area contributed by atoms with Gasteiger partial charge in [-0.25, -0.2) is 0 Å². The molecule has 0 aliphatic carbocycles. The lowest BCUT2D eigenvalue weighted by molar-refractivity contribution is -0.148. The van der Waals surface area contributed by atoms with Crippen molar-refractivity contribution < 1.29 is 19.5 Å². The Morgan fingerprint density at radius 1 is 1.70 bits per heavy atom. The number of aliphatic carboxylic acids is 1. The second kappa shape index (κ2) is 2.51. The van der Waals surface area contributed by atoms with Crippen molar-refractivity contribution in [3.8, 4) is 0 Å². The molecule has 2 atom stereocenters. The molecule has 0 aromatic heterocycles. The molecule has 1 rings (SSSR count). The second-order valence-electron chi connectivity index (χ2n) is 2.33. The van der Waals surface area contributed by atoms with Crippen molar-refractivity contribution in [1.29, 1.82) is 0 Å². The van der Waals surface area contributed by atoms with Crippen molar-refractivity contribution in [3.63, 3.8) is 0 Å². The van der Waals surface area contributed by atoms with Gasteiger partial charge >= 0.3 is 5.97 Å². The number of β-amino-alcohol motifs (C(OH)–C–C–N with tert-alkyl or cyclic N) is 1. The van der Waals surface area contributed by atoms with E-state index in [0.717, 1.165) is 0 Å². The van der Waals surface area contributed by atoms with Crippen LogP contribution in [0, 0.1) is 0 Å². The Bertz CT molecular complexity index is 152. The van der Waals surface area contributed by atoms with Crippen LogP contribution in [0.15, 0.2) is 0 Å². The lowest BCUT2D eigenvalue weighted by Gasteiger charge is -2.07. The van der Waals surface area contributed by atoms with E-state index in [1.807, 2.05) is 0 Å². The van der Waals surface area contributed by atoms with Crippen LogP contribution in [0.25, 0.3) is 0 Å². The molecule has 0 spiro atoms. The summed E-state index contributed by atoms with van der Waals surface area (Å²) >= 11 is 0. The van der Waals surface area contributed by atoms with E-state index in [4.69, 9.17) is 10.2 Å². The van der Waals surface area contributed by atoms with Gasteiger partial charge in [-0.2, -0.15) is 0 Å². The molecule has 1 fully saturated rings. The molecule has 5 heteroatoms. The minimum absolute atomic E-state index is 0.0220. The van der Waals surface area contributed by atoms with Crippen LogP contribution in [0.3, 0.4) is 0 Å². The number of aliphatic hydroxyl groups is 1. The number of halogens is 1. The van der Waals surface area contributed by atoms with Crippen LogP contribution in [0.5, 0.6) is 0 Å². The largest absolute Gasteiger partial charge is 0.480 e. The van der Waals surface area contributed by atoms with Crippen LogP contribution in [0.1, 0.15) is 6.42 Å². The topological polar surface area (TPSA) is 60.8 Å². The third-order valence-corrected chi connectivity index (χ3v) is 1.50. The predicted molar refractivity (Wildman–Crippen MR) is 29.9 cm³/mol. The first-order valence-electron chi connectivity index (χ1n) is 2.94. The van der Waals surface area contributed by atoms with Gasteiger partial charge < -0.3 is 10.2 Å². The number of carbonyl (C=O) groups is 1. The average Bonchev–Trinajstić information content (AvgIpc) is 2.10. The molecule has 2 unspecified atom stereocenters. The smallest absolute Gasteiger partial charge is 0.323 e. The minimum atomic E-state index is -1.22. The highest BCUT2D eigenvalue weighted by atomic mass is 19.2. The maximum absolute atomic E-state index is 12.4. The Morgan fingerprint density at radius 3 is 2.50 bits per heavy atom. The van der Waals surface area contributed by atoms with Crippen molar-refractivity contribution in [2.45, 2.75) is 18.6 Å². The zero-order valence-corrected chi connectivity index (χ0v) is 5.20. The van der Waals surface area contributed by atoms with Crippen molar-refractivity contribution in [2.24, 2.45) is 0 Å². The van der Waals surface area contributed by atoms with Crippen molar-refractivity contribution in [3.05, 3.63) is 0 Å². The molecule has 58 valence electrons. The summed E-state index contributed by atoms with van der Waals surface area (Å²) in [5.41, 5.74) is 0. The molecule has 2 N–H and O–H groups in total. The third kappa shape index (κ3) is 1.25. The van der Waals surface area contributed by atoms with Gasteiger partial charge in [0.25, 0.3) is 0 Å². The van der Waals surface area contributed by atoms with Gasteiger partial charge in [0.15, 0.2) is 0 Å². The van der Waals surface area contributed by atoms with Gasteiger partial charge in [-0.05, 0) is 0 Å². The summed E-state index contributed by atoms with van der Waals surface area (Å²) in [4.78, 5) is 10.2. The Balaban J connectivity index is 2.54. The maximum Gasteiger partial charge on any atom is 0.323 e. The molecular weight excluding hydrogens is 141 g/mol. The number of rotatable bonds is 1. The van der Waals surface area contributed by atoms with Crippen LogP contribution in [-0.2, 0) is 4.79 Å². The number of aliphatic hydroxyl groups excluding tert-OH is 1. The standard InChI is InChI=1S/C5H8FNO3/c6-7-2-3(8)1-4(7)5(9)10/h3-4,8H,1-2H2,(H,9,10). The molecule has 0 aromatic carbocycles. The number of nitrogens with zero attached hydrogens (tertiary/aromatic N) is 1. The first-order chi connectivity index (χ1) is 4.61. The summed E-state index contributed by atoms with van der Waals surface area (Å²) in [6.07, 6.45) is -0.864. The van der Waals surface area contributed by atoms with Gasteiger partial charge in [0.1, 0.15) is 6.04 Å². The highest BCUT2D eigenvalue weighted by Crippen LogP contribution is 2.17. The van der Waals surface area contributed by atoms with Gasteiger partial charge in [0.05, 0.1) is 12.6 Å². The molecule has 1 saturated heterocycles. The lowest BCUT2D eigenvalue weighted by atomic mass is 10.2. The van der Waals surface area contributed by atoms with E-state index in [1.54, 1.807) is 0 Å². The molecule has 0 radical (unpaired) electrons. The molecule has 0 saturated carbocycles. The van der Waals surface area contributed by atoms with Gasteiger partial charge in [-0.15, -0.1) is 9.60 Å². The quantitative estimate of drug-likeness (QED) is 0.488. The monoisotopic (exact) mass is 149 g/mol. The number of hydrogen-bond acceptors (Lipinski definition) is 3. The first-order valence-corrected chi connectivity index (χ1v) is 2.94. The highest BCUT2D eigenvalue weighted by Gasteiger charge is 2.36. The van der Waals surface area contributed by atoms with E-state index in [9.17, 15) is 9.28 Å². The fourth-order valence-corrected chi connectivity index (χ4v) is 0.996. The van der Waals surface area contributed by atoms with Crippen LogP contribution < -0.4 is 0 Å². The zero-order valence-electron chi connectivity index (χ0n) is 5.20. The van der Waals surface area contributed by atoms with E-state index in [1.165, 1.54) is 0 Å². The Morgan fingerprint density at radius 2 is 2.30 bits per heavy atom. The number of carboxylic acid groups (broad SMARTS) is 1. The van der Waals surface area contributed by atoms with Gasteiger partial charge in [0, 0.05) is 6.42 Å². The average molecular weight is 149 g/mol. The van der Waals surface area contributed by atoms with E-state index in [0.29, 0.717) is 0 Å². The first kappa shape index (κ1) is 7.43. The van der Waals surface area contributed by atoms with Crippen molar-refractivity contribution in [2.75, 3.05) is 6.54 Å². The summed E-state index contributed by atoms with van der Waals surface area (Å²) in [5.74, 6) is -1.22. The Labute approximate surface area is 56.8 Å². The van der Waals surface area contributed by atoms with Crippen LogP contribution in [-0.4, -0.2) is 40.0 Å². The summed E-state index contributed by atoms with van der Waals surface area (Å²) in [6, 6.07) is -1.16. The number of hydrogen-bond donors (Lipinski definition) is 2. The molecule has 0 amide bonds. The minimum Gasteiger partial charge on any atom is -0.480 e. The summed E-state index contributed by atoms with van der Waals surface area (Å²) < 4.78 is 12.4. The maximum atomic E-state index is 12.4.